The molecule has 4 heteroatoms. The van der Waals surface area contributed by atoms with Crippen LogP contribution in [0.3, 0.4) is 0 Å². The molecule has 0 saturated carbocycles. The van der Waals surface area contributed by atoms with Gasteiger partial charge in [0.25, 0.3) is 5.91 Å². The lowest BCUT2D eigenvalue weighted by atomic mass is 9.97. The van der Waals surface area contributed by atoms with Crippen LogP contribution in [0.15, 0.2) is 24.3 Å². The van der Waals surface area contributed by atoms with Crippen molar-refractivity contribution < 1.29 is 14.6 Å². The number of hydrogen-bond acceptors (Lipinski definition) is 3. The van der Waals surface area contributed by atoms with Crippen LogP contribution in [-0.2, 0) is 11.2 Å². The molecule has 1 aromatic rings. The zero-order valence-electron chi connectivity index (χ0n) is 13.6. The maximum Gasteiger partial charge on any atom is 0.251 e. The minimum Gasteiger partial charge on any atom is -0.390 e. The highest BCUT2D eigenvalue weighted by atomic mass is 16.5. The van der Waals surface area contributed by atoms with Gasteiger partial charge in [-0.2, -0.15) is 0 Å². The van der Waals surface area contributed by atoms with Gasteiger partial charge in [-0.05, 0) is 63.1 Å². The van der Waals surface area contributed by atoms with E-state index in [9.17, 15) is 9.90 Å². The first kappa shape index (κ1) is 17.0. The molecular formula is C18H27NO3. The predicted molar refractivity (Wildman–Crippen MR) is 86.9 cm³/mol. The minimum atomic E-state index is -0.681. The van der Waals surface area contributed by atoms with Crippen molar-refractivity contribution >= 4 is 5.91 Å². The number of nitrogens with one attached hydrogen (secondary N) is 1. The molecule has 0 radical (unpaired) electrons. The van der Waals surface area contributed by atoms with Gasteiger partial charge in [-0.25, -0.2) is 0 Å². The number of aliphatic hydroxyl groups is 1. The van der Waals surface area contributed by atoms with E-state index in [0.29, 0.717) is 24.4 Å². The summed E-state index contributed by atoms with van der Waals surface area (Å²) in [6.45, 7) is 5.86. The Bertz CT molecular complexity index is 487. The van der Waals surface area contributed by atoms with Gasteiger partial charge >= 0.3 is 0 Å². The smallest absolute Gasteiger partial charge is 0.251 e. The van der Waals surface area contributed by atoms with E-state index in [2.05, 4.69) is 5.32 Å². The second-order valence-corrected chi connectivity index (χ2v) is 6.81. The number of amides is 1. The lowest BCUT2D eigenvalue weighted by Crippen LogP contribution is -2.33. The Labute approximate surface area is 132 Å². The van der Waals surface area contributed by atoms with Crippen LogP contribution in [0.1, 0.15) is 49.0 Å². The fourth-order valence-corrected chi connectivity index (χ4v) is 2.63. The molecule has 22 heavy (non-hydrogen) atoms. The average molecular weight is 305 g/mol. The maximum absolute atomic E-state index is 12.2. The molecule has 1 atom stereocenters. The van der Waals surface area contributed by atoms with Crippen molar-refractivity contribution in [2.75, 3.05) is 19.8 Å². The van der Waals surface area contributed by atoms with Crippen molar-refractivity contribution in [2.45, 2.75) is 45.1 Å². The maximum atomic E-state index is 12.2. The van der Waals surface area contributed by atoms with Crippen LogP contribution in [-0.4, -0.2) is 36.4 Å². The molecule has 1 heterocycles. The highest BCUT2D eigenvalue weighted by molar-refractivity contribution is 5.94. The molecule has 0 spiro atoms. The largest absolute Gasteiger partial charge is 0.390 e. The summed E-state index contributed by atoms with van der Waals surface area (Å²) >= 11 is 0. The lowest BCUT2D eigenvalue weighted by Gasteiger charge is -2.22. The van der Waals surface area contributed by atoms with Crippen molar-refractivity contribution in [1.82, 2.24) is 5.32 Å². The first-order valence-corrected chi connectivity index (χ1v) is 8.11. The normalized spacial score (nSPS) is 19.0. The van der Waals surface area contributed by atoms with Gasteiger partial charge in [-0.1, -0.05) is 12.1 Å². The van der Waals surface area contributed by atoms with E-state index < -0.39 is 5.60 Å². The summed E-state index contributed by atoms with van der Waals surface area (Å²) in [4.78, 5) is 12.2. The Morgan fingerprint density at radius 2 is 2.27 bits per heavy atom. The van der Waals surface area contributed by atoms with Crippen LogP contribution in [0, 0.1) is 5.92 Å². The molecule has 0 unspecified atom stereocenters. The molecule has 1 amide bonds. The average Bonchev–Trinajstić information content (AvgIpc) is 2.51. The second kappa shape index (κ2) is 7.75. The van der Waals surface area contributed by atoms with Crippen molar-refractivity contribution in [2.24, 2.45) is 5.92 Å². The molecule has 1 fully saturated rings. The molecule has 1 aromatic carbocycles. The molecular weight excluding hydrogens is 278 g/mol. The summed E-state index contributed by atoms with van der Waals surface area (Å²) in [5.74, 6) is 0.395. The van der Waals surface area contributed by atoms with Crippen molar-refractivity contribution in [3.8, 4) is 0 Å². The Morgan fingerprint density at radius 1 is 1.45 bits per heavy atom. The third-order valence-electron chi connectivity index (χ3n) is 4.02. The quantitative estimate of drug-likeness (QED) is 0.849. The number of aryl methyl sites for hydroxylation is 1. The van der Waals surface area contributed by atoms with Crippen LogP contribution < -0.4 is 5.32 Å². The standard InChI is InChI=1S/C18H27NO3/c1-18(2,21)9-8-14-5-3-7-16(11-14)17(20)19-12-15-6-4-10-22-13-15/h3,5,7,11,15,21H,4,6,8-10,12-13H2,1-2H3,(H,19,20)/t15-/m0/s1. The summed E-state index contributed by atoms with van der Waals surface area (Å²) in [5, 5.41) is 12.8. The summed E-state index contributed by atoms with van der Waals surface area (Å²) in [6.07, 6.45) is 3.64. The molecule has 0 bridgehead atoms. The lowest BCUT2D eigenvalue weighted by molar-refractivity contribution is 0.0536. The number of benzene rings is 1. The number of carbonyl (C=O) groups is 1. The molecule has 0 aromatic heterocycles. The Hall–Kier alpha value is -1.39. The first-order valence-electron chi connectivity index (χ1n) is 8.11. The summed E-state index contributed by atoms with van der Waals surface area (Å²) in [7, 11) is 0. The number of ether oxygens (including phenoxy) is 1. The van der Waals surface area contributed by atoms with Crippen LogP contribution in [0.5, 0.6) is 0 Å². The number of rotatable bonds is 6. The molecule has 1 aliphatic rings. The fourth-order valence-electron chi connectivity index (χ4n) is 2.63. The summed E-state index contributed by atoms with van der Waals surface area (Å²) < 4.78 is 5.43. The summed E-state index contributed by atoms with van der Waals surface area (Å²) in [5.41, 5.74) is 1.08. The number of carbonyl (C=O) groups excluding carboxylic acids is 1. The van der Waals surface area contributed by atoms with Crippen LogP contribution in [0.25, 0.3) is 0 Å². The fraction of sp³-hybridized carbons (Fsp3) is 0.611. The van der Waals surface area contributed by atoms with E-state index in [1.54, 1.807) is 13.8 Å². The minimum absolute atomic E-state index is 0.0318. The first-order chi connectivity index (χ1) is 10.4. The molecule has 122 valence electrons. The Kier molecular flexibility index (Phi) is 5.98. The van der Waals surface area contributed by atoms with E-state index in [4.69, 9.17) is 4.74 Å². The van der Waals surface area contributed by atoms with Gasteiger partial charge in [0.05, 0.1) is 12.2 Å². The third-order valence-corrected chi connectivity index (χ3v) is 4.02. The van der Waals surface area contributed by atoms with Gasteiger partial charge in [0.1, 0.15) is 0 Å². The van der Waals surface area contributed by atoms with Gasteiger partial charge in [0, 0.05) is 18.7 Å². The van der Waals surface area contributed by atoms with Gasteiger partial charge in [0.15, 0.2) is 0 Å². The van der Waals surface area contributed by atoms with Gasteiger partial charge in [-0.3, -0.25) is 4.79 Å². The van der Waals surface area contributed by atoms with Gasteiger partial charge < -0.3 is 15.2 Å². The van der Waals surface area contributed by atoms with E-state index in [1.807, 2.05) is 24.3 Å². The highest BCUT2D eigenvalue weighted by Crippen LogP contribution is 2.15. The molecule has 0 aliphatic carbocycles. The van der Waals surface area contributed by atoms with E-state index in [1.165, 1.54) is 0 Å². The summed E-state index contributed by atoms with van der Waals surface area (Å²) in [6, 6.07) is 7.65. The molecule has 2 N–H and O–H groups in total. The topological polar surface area (TPSA) is 58.6 Å². The molecule has 1 saturated heterocycles. The zero-order chi connectivity index (χ0) is 16.0. The predicted octanol–water partition coefficient (Wildman–Crippen LogP) is 2.55. The van der Waals surface area contributed by atoms with E-state index in [0.717, 1.165) is 38.0 Å². The monoisotopic (exact) mass is 305 g/mol. The molecule has 1 aliphatic heterocycles. The van der Waals surface area contributed by atoms with Crippen LogP contribution >= 0.6 is 0 Å². The van der Waals surface area contributed by atoms with Gasteiger partial charge in [-0.15, -0.1) is 0 Å². The van der Waals surface area contributed by atoms with E-state index >= 15 is 0 Å². The highest BCUT2D eigenvalue weighted by Gasteiger charge is 2.16. The number of hydrogen-bond donors (Lipinski definition) is 2. The SMILES string of the molecule is CC(C)(O)CCc1cccc(C(=O)NC[C@@H]2CCCOC2)c1. The van der Waals surface area contributed by atoms with Crippen molar-refractivity contribution in [3.05, 3.63) is 35.4 Å². The van der Waals surface area contributed by atoms with Crippen LogP contribution in [0.2, 0.25) is 0 Å². The van der Waals surface area contributed by atoms with Crippen molar-refractivity contribution in [3.63, 3.8) is 0 Å². The van der Waals surface area contributed by atoms with E-state index in [-0.39, 0.29) is 5.91 Å². The van der Waals surface area contributed by atoms with Crippen molar-refractivity contribution in [1.29, 1.82) is 0 Å². The van der Waals surface area contributed by atoms with Gasteiger partial charge in [0.2, 0.25) is 0 Å². The second-order valence-electron chi connectivity index (χ2n) is 6.81. The molecule has 2 rings (SSSR count). The zero-order valence-corrected chi connectivity index (χ0v) is 13.6. The third kappa shape index (κ3) is 5.78. The Balaban J connectivity index is 1.86. The Morgan fingerprint density at radius 3 is 2.95 bits per heavy atom. The molecule has 4 nitrogen and oxygen atoms in total. The van der Waals surface area contributed by atoms with Crippen LogP contribution in [0.4, 0.5) is 0 Å².